The molecule has 1 N–H and O–H groups in total. The van der Waals surface area contributed by atoms with Crippen molar-refractivity contribution in [1.82, 2.24) is 15.0 Å². The van der Waals surface area contributed by atoms with Crippen molar-refractivity contribution in [2.75, 3.05) is 23.5 Å². The van der Waals surface area contributed by atoms with Crippen molar-refractivity contribution >= 4 is 55.4 Å². The SMILES string of the molecule is CN(c1ncnc2[nH]c3cc(Br)ccc3c12)C1CCSC1. The van der Waals surface area contributed by atoms with Crippen molar-refractivity contribution in [3.8, 4) is 0 Å². The van der Waals surface area contributed by atoms with Crippen LogP contribution in [0.25, 0.3) is 21.9 Å². The summed E-state index contributed by atoms with van der Waals surface area (Å²) in [5.41, 5.74) is 2.00. The number of rotatable bonds is 2. The van der Waals surface area contributed by atoms with Gasteiger partial charge in [0.2, 0.25) is 0 Å². The lowest BCUT2D eigenvalue weighted by Gasteiger charge is -2.25. The van der Waals surface area contributed by atoms with Gasteiger partial charge in [0.15, 0.2) is 0 Å². The van der Waals surface area contributed by atoms with E-state index in [-0.39, 0.29) is 0 Å². The van der Waals surface area contributed by atoms with Crippen LogP contribution in [0.2, 0.25) is 0 Å². The van der Waals surface area contributed by atoms with Gasteiger partial charge in [-0.3, -0.25) is 0 Å². The zero-order chi connectivity index (χ0) is 14.4. The Morgan fingerprint density at radius 3 is 3.10 bits per heavy atom. The highest BCUT2D eigenvalue weighted by Crippen LogP contribution is 2.34. The smallest absolute Gasteiger partial charge is 0.143 e. The number of aromatic nitrogens is 3. The number of fused-ring (bicyclic) bond motifs is 3. The van der Waals surface area contributed by atoms with Crippen LogP contribution in [-0.4, -0.2) is 39.5 Å². The van der Waals surface area contributed by atoms with E-state index in [0.29, 0.717) is 6.04 Å². The van der Waals surface area contributed by atoms with Crippen LogP contribution in [0.3, 0.4) is 0 Å². The Balaban J connectivity index is 1.93. The van der Waals surface area contributed by atoms with Crippen molar-refractivity contribution in [3.63, 3.8) is 0 Å². The van der Waals surface area contributed by atoms with Crippen LogP contribution in [-0.2, 0) is 0 Å². The molecule has 0 amide bonds. The molecule has 1 aliphatic heterocycles. The Bertz CT molecular complexity index is 810. The highest BCUT2D eigenvalue weighted by Gasteiger charge is 2.23. The molecule has 6 heteroatoms. The molecule has 3 aromatic rings. The molecule has 21 heavy (non-hydrogen) atoms. The molecule has 1 fully saturated rings. The van der Waals surface area contributed by atoms with E-state index in [4.69, 9.17) is 0 Å². The fraction of sp³-hybridized carbons (Fsp3) is 0.333. The van der Waals surface area contributed by atoms with E-state index in [2.05, 4.69) is 61.0 Å². The van der Waals surface area contributed by atoms with Crippen molar-refractivity contribution < 1.29 is 0 Å². The number of halogens is 1. The highest BCUT2D eigenvalue weighted by atomic mass is 79.9. The van der Waals surface area contributed by atoms with Crippen LogP contribution in [0.15, 0.2) is 29.0 Å². The molecule has 1 saturated heterocycles. The molecule has 0 spiro atoms. The summed E-state index contributed by atoms with van der Waals surface area (Å²) in [5, 5.41) is 2.31. The predicted molar refractivity (Wildman–Crippen MR) is 93.2 cm³/mol. The lowest BCUT2D eigenvalue weighted by atomic mass is 10.1. The van der Waals surface area contributed by atoms with E-state index in [1.54, 1.807) is 6.33 Å². The first-order valence-electron chi connectivity index (χ1n) is 6.96. The average molecular weight is 363 g/mol. The summed E-state index contributed by atoms with van der Waals surface area (Å²) < 4.78 is 1.07. The Labute approximate surface area is 135 Å². The second kappa shape index (κ2) is 5.18. The second-order valence-corrected chi connectivity index (χ2v) is 7.43. The third-order valence-electron chi connectivity index (χ3n) is 4.12. The predicted octanol–water partition coefficient (Wildman–Crippen LogP) is 3.82. The van der Waals surface area contributed by atoms with Crippen molar-refractivity contribution in [2.45, 2.75) is 12.5 Å². The molecule has 108 valence electrons. The van der Waals surface area contributed by atoms with Gasteiger partial charge in [-0.25, -0.2) is 9.97 Å². The van der Waals surface area contributed by atoms with Gasteiger partial charge in [0.1, 0.15) is 17.8 Å². The van der Waals surface area contributed by atoms with Gasteiger partial charge in [-0.15, -0.1) is 0 Å². The van der Waals surface area contributed by atoms with E-state index in [1.165, 1.54) is 23.3 Å². The summed E-state index contributed by atoms with van der Waals surface area (Å²) in [7, 11) is 2.15. The molecule has 3 heterocycles. The lowest BCUT2D eigenvalue weighted by Crippen LogP contribution is -2.32. The van der Waals surface area contributed by atoms with Crippen LogP contribution in [0.1, 0.15) is 6.42 Å². The fourth-order valence-electron chi connectivity index (χ4n) is 2.95. The van der Waals surface area contributed by atoms with Gasteiger partial charge in [0, 0.05) is 34.2 Å². The third kappa shape index (κ3) is 2.21. The van der Waals surface area contributed by atoms with Gasteiger partial charge in [0.05, 0.1) is 5.39 Å². The molecule has 1 aromatic carbocycles. The highest BCUT2D eigenvalue weighted by molar-refractivity contribution is 9.10. The summed E-state index contributed by atoms with van der Waals surface area (Å²) in [5.74, 6) is 3.45. The van der Waals surface area contributed by atoms with Crippen LogP contribution in [0.4, 0.5) is 5.82 Å². The minimum Gasteiger partial charge on any atom is -0.355 e. The average Bonchev–Trinajstić information content (AvgIpc) is 3.12. The maximum atomic E-state index is 4.57. The summed E-state index contributed by atoms with van der Waals surface area (Å²) in [6, 6.07) is 6.85. The molecule has 0 aliphatic carbocycles. The van der Waals surface area contributed by atoms with E-state index >= 15 is 0 Å². The van der Waals surface area contributed by atoms with E-state index in [1.807, 2.05) is 11.8 Å². The monoisotopic (exact) mass is 362 g/mol. The molecular formula is C15H15BrN4S. The zero-order valence-corrected chi connectivity index (χ0v) is 14.0. The number of hydrogen-bond acceptors (Lipinski definition) is 4. The fourth-order valence-corrected chi connectivity index (χ4v) is 4.58. The number of H-pyrrole nitrogens is 1. The first-order chi connectivity index (χ1) is 10.2. The molecule has 1 aliphatic rings. The second-order valence-electron chi connectivity index (χ2n) is 5.36. The molecule has 2 aromatic heterocycles. The molecule has 1 atom stereocenters. The third-order valence-corrected chi connectivity index (χ3v) is 5.76. The maximum Gasteiger partial charge on any atom is 0.143 e. The van der Waals surface area contributed by atoms with Crippen LogP contribution in [0.5, 0.6) is 0 Å². The Hall–Kier alpha value is -1.27. The minimum atomic E-state index is 0.563. The van der Waals surface area contributed by atoms with Crippen LogP contribution >= 0.6 is 27.7 Å². The maximum absolute atomic E-state index is 4.57. The molecular weight excluding hydrogens is 348 g/mol. The summed E-state index contributed by atoms with van der Waals surface area (Å²) in [6.07, 6.45) is 2.88. The van der Waals surface area contributed by atoms with Crippen molar-refractivity contribution in [1.29, 1.82) is 0 Å². The zero-order valence-electron chi connectivity index (χ0n) is 11.6. The number of aromatic amines is 1. The van der Waals surface area contributed by atoms with Gasteiger partial charge in [0.25, 0.3) is 0 Å². The van der Waals surface area contributed by atoms with Crippen LogP contribution < -0.4 is 4.90 Å². The van der Waals surface area contributed by atoms with Gasteiger partial charge in [-0.05, 0) is 24.3 Å². The van der Waals surface area contributed by atoms with Crippen molar-refractivity contribution in [2.24, 2.45) is 0 Å². The normalized spacial score (nSPS) is 18.7. The number of hydrogen-bond donors (Lipinski definition) is 1. The van der Waals surface area contributed by atoms with Gasteiger partial charge in [-0.1, -0.05) is 22.0 Å². The lowest BCUT2D eigenvalue weighted by molar-refractivity contribution is 0.693. The molecule has 0 bridgehead atoms. The minimum absolute atomic E-state index is 0.563. The molecule has 0 saturated carbocycles. The standard InChI is InChI=1S/C15H15BrN4S/c1-20(10-4-5-21-7-10)15-13-11-3-2-9(16)6-12(11)19-14(13)17-8-18-15/h2-3,6,8,10H,4-5,7H2,1H3,(H,17,18,19). The van der Waals surface area contributed by atoms with Crippen LogP contribution in [0, 0.1) is 0 Å². The van der Waals surface area contributed by atoms with E-state index in [0.717, 1.165) is 26.8 Å². The molecule has 4 nitrogen and oxygen atoms in total. The van der Waals surface area contributed by atoms with Crippen molar-refractivity contribution in [3.05, 3.63) is 29.0 Å². The van der Waals surface area contributed by atoms with Gasteiger partial charge < -0.3 is 9.88 Å². The summed E-state index contributed by atoms with van der Waals surface area (Å²) in [6.45, 7) is 0. The number of anilines is 1. The molecule has 1 unspecified atom stereocenters. The van der Waals surface area contributed by atoms with Gasteiger partial charge in [-0.2, -0.15) is 11.8 Å². The summed E-state index contributed by atoms with van der Waals surface area (Å²) >= 11 is 5.54. The number of benzene rings is 1. The largest absolute Gasteiger partial charge is 0.355 e. The molecule has 0 radical (unpaired) electrons. The quantitative estimate of drug-likeness (QED) is 0.752. The topological polar surface area (TPSA) is 44.8 Å². The number of nitrogens with one attached hydrogen (secondary N) is 1. The first kappa shape index (κ1) is 13.4. The van der Waals surface area contributed by atoms with E-state index < -0.39 is 0 Å². The first-order valence-corrected chi connectivity index (χ1v) is 8.91. The number of thioether (sulfide) groups is 1. The Kier molecular flexibility index (Phi) is 3.30. The van der Waals surface area contributed by atoms with Gasteiger partial charge >= 0.3 is 0 Å². The number of nitrogens with zero attached hydrogens (tertiary/aromatic N) is 3. The summed E-state index contributed by atoms with van der Waals surface area (Å²) in [4.78, 5) is 14.7. The Morgan fingerprint density at radius 2 is 2.29 bits per heavy atom. The Morgan fingerprint density at radius 1 is 1.38 bits per heavy atom. The molecule has 4 rings (SSSR count). The van der Waals surface area contributed by atoms with E-state index in [9.17, 15) is 0 Å².